The molecule has 2 aromatic rings. The van der Waals surface area contributed by atoms with Crippen molar-refractivity contribution in [3.8, 4) is 0 Å². The van der Waals surface area contributed by atoms with E-state index in [0.29, 0.717) is 0 Å². The molecular weight excluding hydrogens is 332 g/mol. The van der Waals surface area contributed by atoms with Gasteiger partial charge >= 0.3 is 0 Å². The zero-order valence-electron chi connectivity index (χ0n) is 16.7. The van der Waals surface area contributed by atoms with Gasteiger partial charge in [0.1, 0.15) is 0 Å². The Morgan fingerprint density at radius 2 is 1.74 bits per heavy atom. The quantitative estimate of drug-likeness (QED) is 0.458. The van der Waals surface area contributed by atoms with Gasteiger partial charge in [0.2, 0.25) is 5.91 Å². The number of carbonyl (C=O) groups excluding carboxylic acids is 1. The first-order valence-corrected chi connectivity index (χ1v) is 9.96. The third-order valence-electron chi connectivity index (χ3n) is 4.65. The van der Waals surface area contributed by atoms with Crippen molar-refractivity contribution in [1.82, 2.24) is 10.2 Å². The van der Waals surface area contributed by atoms with Crippen LogP contribution in [0.25, 0.3) is 6.08 Å². The van der Waals surface area contributed by atoms with Crippen LogP contribution in [-0.4, -0.2) is 30.4 Å². The second-order valence-electron chi connectivity index (χ2n) is 6.95. The minimum atomic E-state index is -0.0187. The van der Waals surface area contributed by atoms with Gasteiger partial charge in [-0.05, 0) is 50.1 Å². The van der Waals surface area contributed by atoms with Gasteiger partial charge in [-0.25, -0.2) is 0 Å². The van der Waals surface area contributed by atoms with Crippen molar-refractivity contribution in [3.05, 3.63) is 77.4 Å². The highest BCUT2D eigenvalue weighted by Crippen LogP contribution is 2.07. The van der Waals surface area contributed by atoms with E-state index in [1.54, 1.807) is 6.08 Å². The van der Waals surface area contributed by atoms with E-state index in [-0.39, 0.29) is 5.91 Å². The van der Waals surface area contributed by atoms with Crippen LogP contribution in [0, 0.1) is 6.92 Å². The first-order valence-electron chi connectivity index (χ1n) is 9.96. The molecule has 0 aliphatic heterocycles. The molecule has 2 aromatic carbocycles. The topological polar surface area (TPSA) is 32.3 Å². The highest BCUT2D eigenvalue weighted by molar-refractivity contribution is 5.91. The lowest BCUT2D eigenvalue weighted by molar-refractivity contribution is -0.116. The van der Waals surface area contributed by atoms with Crippen LogP contribution in [0.1, 0.15) is 42.9 Å². The molecule has 2 rings (SSSR count). The van der Waals surface area contributed by atoms with Crippen molar-refractivity contribution in [1.29, 1.82) is 0 Å². The molecule has 0 aromatic heterocycles. The Morgan fingerprint density at radius 3 is 2.44 bits per heavy atom. The number of nitrogens with one attached hydrogen (secondary N) is 1. The summed E-state index contributed by atoms with van der Waals surface area (Å²) >= 11 is 0. The first-order chi connectivity index (χ1) is 13.2. The fraction of sp³-hybridized carbons (Fsp3) is 0.375. The molecule has 0 bridgehead atoms. The van der Waals surface area contributed by atoms with Gasteiger partial charge in [0.25, 0.3) is 0 Å². The van der Waals surface area contributed by atoms with E-state index in [9.17, 15) is 4.79 Å². The predicted molar refractivity (Wildman–Crippen MR) is 114 cm³/mol. The summed E-state index contributed by atoms with van der Waals surface area (Å²) in [4.78, 5) is 14.3. The van der Waals surface area contributed by atoms with Crippen molar-refractivity contribution in [2.45, 2.75) is 39.7 Å². The van der Waals surface area contributed by atoms with Crippen LogP contribution in [0.15, 0.2) is 60.7 Å². The van der Waals surface area contributed by atoms with E-state index in [0.717, 1.165) is 51.0 Å². The molecule has 0 aliphatic carbocycles. The number of aryl methyl sites for hydroxylation is 1. The van der Waals surface area contributed by atoms with Crippen LogP contribution in [0.2, 0.25) is 0 Å². The standard InChI is InChI=1S/C24H32N2O/c1-3-26(20-23-10-6-4-7-11-23)19-9-5-8-18-25-24(27)17-16-22-14-12-21(2)13-15-22/h4,6-7,10-17H,3,5,8-9,18-20H2,1-2H3,(H,25,27)/b17-16+. The molecule has 3 nitrogen and oxygen atoms in total. The number of amides is 1. The van der Waals surface area contributed by atoms with Crippen molar-refractivity contribution in [2.24, 2.45) is 0 Å². The molecule has 0 atom stereocenters. The number of hydrogen-bond acceptors (Lipinski definition) is 2. The fourth-order valence-corrected chi connectivity index (χ4v) is 2.95. The molecule has 0 radical (unpaired) electrons. The number of carbonyl (C=O) groups is 1. The third-order valence-corrected chi connectivity index (χ3v) is 4.65. The summed E-state index contributed by atoms with van der Waals surface area (Å²) in [6.07, 6.45) is 6.79. The molecule has 0 unspecified atom stereocenters. The lowest BCUT2D eigenvalue weighted by Gasteiger charge is -2.20. The van der Waals surface area contributed by atoms with Gasteiger partial charge in [-0.2, -0.15) is 0 Å². The summed E-state index contributed by atoms with van der Waals surface area (Å²) in [6, 6.07) is 18.8. The fourth-order valence-electron chi connectivity index (χ4n) is 2.95. The van der Waals surface area contributed by atoms with E-state index in [4.69, 9.17) is 0 Å². The van der Waals surface area contributed by atoms with Crippen molar-refractivity contribution >= 4 is 12.0 Å². The molecule has 0 saturated heterocycles. The Morgan fingerprint density at radius 1 is 1.00 bits per heavy atom. The molecular formula is C24H32N2O. The maximum Gasteiger partial charge on any atom is 0.243 e. The lowest BCUT2D eigenvalue weighted by atomic mass is 10.1. The molecule has 3 heteroatoms. The average Bonchev–Trinajstić information content (AvgIpc) is 2.70. The monoisotopic (exact) mass is 364 g/mol. The third kappa shape index (κ3) is 8.69. The number of nitrogens with zero attached hydrogens (tertiary/aromatic N) is 1. The smallest absolute Gasteiger partial charge is 0.243 e. The van der Waals surface area contributed by atoms with Crippen LogP contribution < -0.4 is 5.32 Å². The number of hydrogen-bond donors (Lipinski definition) is 1. The molecule has 27 heavy (non-hydrogen) atoms. The summed E-state index contributed by atoms with van der Waals surface area (Å²) < 4.78 is 0. The summed E-state index contributed by atoms with van der Waals surface area (Å²) in [6.45, 7) is 8.19. The normalized spacial score (nSPS) is 11.2. The molecule has 0 saturated carbocycles. The van der Waals surface area contributed by atoms with Crippen LogP contribution >= 0.6 is 0 Å². The number of rotatable bonds is 11. The van der Waals surface area contributed by atoms with Gasteiger partial charge in [0.05, 0.1) is 0 Å². The second-order valence-corrected chi connectivity index (χ2v) is 6.95. The number of benzene rings is 2. The van der Waals surface area contributed by atoms with Gasteiger partial charge in [-0.15, -0.1) is 0 Å². The van der Waals surface area contributed by atoms with Gasteiger partial charge < -0.3 is 5.32 Å². The van der Waals surface area contributed by atoms with Crippen LogP contribution in [-0.2, 0) is 11.3 Å². The first kappa shape index (κ1) is 20.9. The zero-order chi connectivity index (χ0) is 19.3. The number of unbranched alkanes of at least 4 members (excludes halogenated alkanes) is 2. The average molecular weight is 365 g/mol. The molecule has 1 amide bonds. The van der Waals surface area contributed by atoms with E-state index < -0.39 is 0 Å². The minimum Gasteiger partial charge on any atom is -0.353 e. The molecule has 144 valence electrons. The molecule has 0 heterocycles. The SMILES string of the molecule is CCN(CCCCCNC(=O)/C=C/c1ccc(C)cc1)Cc1ccccc1. The molecule has 0 spiro atoms. The Balaban J connectivity index is 1.56. The Bertz CT molecular complexity index is 692. The second kappa shape index (κ2) is 12.1. The summed E-state index contributed by atoms with van der Waals surface area (Å²) in [5.41, 5.74) is 3.64. The Labute approximate surface area is 164 Å². The van der Waals surface area contributed by atoms with E-state index in [1.807, 2.05) is 18.2 Å². The molecule has 0 fully saturated rings. The van der Waals surface area contributed by atoms with Crippen LogP contribution in [0.5, 0.6) is 0 Å². The summed E-state index contributed by atoms with van der Waals surface area (Å²) in [5.74, 6) is -0.0187. The van der Waals surface area contributed by atoms with Crippen molar-refractivity contribution < 1.29 is 4.79 Å². The lowest BCUT2D eigenvalue weighted by Crippen LogP contribution is -2.25. The van der Waals surface area contributed by atoms with Crippen LogP contribution in [0.4, 0.5) is 0 Å². The minimum absolute atomic E-state index is 0.0187. The van der Waals surface area contributed by atoms with E-state index >= 15 is 0 Å². The van der Waals surface area contributed by atoms with Gasteiger partial charge in [0.15, 0.2) is 0 Å². The maximum atomic E-state index is 11.9. The van der Waals surface area contributed by atoms with Gasteiger partial charge in [-0.3, -0.25) is 9.69 Å². The zero-order valence-corrected chi connectivity index (χ0v) is 16.7. The summed E-state index contributed by atoms with van der Waals surface area (Å²) in [5, 5.41) is 2.97. The van der Waals surface area contributed by atoms with E-state index in [2.05, 4.69) is 66.5 Å². The molecule has 0 aliphatic rings. The van der Waals surface area contributed by atoms with Crippen molar-refractivity contribution in [2.75, 3.05) is 19.6 Å². The van der Waals surface area contributed by atoms with Crippen molar-refractivity contribution in [3.63, 3.8) is 0 Å². The highest BCUT2D eigenvalue weighted by atomic mass is 16.1. The van der Waals surface area contributed by atoms with Gasteiger partial charge in [0, 0.05) is 19.2 Å². The Hall–Kier alpha value is -2.39. The predicted octanol–water partition coefficient (Wildman–Crippen LogP) is 4.82. The maximum absolute atomic E-state index is 11.9. The highest BCUT2D eigenvalue weighted by Gasteiger charge is 2.03. The summed E-state index contributed by atoms with van der Waals surface area (Å²) in [7, 11) is 0. The molecule has 1 N–H and O–H groups in total. The van der Waals surface area contributed by atoms with Gasteiger partial charge in [-0.1, -0.05) is 73.5 Å². The largest absolute Gasteiger partial charge is 0.353 e. The van der Waals surface area contributed by atoms with Crippen LogP contribution in [0.3, 0.4) is 0 Å². The van der Waals surface area contributed by atoms with E-state index in [1.165, 1.54) is 11.1 Å². The Kier molecular flexibility index (Phi) is 9.36.